The van der Waals surface area contributed by atoms with Crippen molar-refractivity contribution in [2.24, 2.45) is 0 Å². The largest absolute Gasteiger partial charge is 0.312 e. The van der Waals surface area contributed by atoms with Gasteiger partial charge in [0.15, 0.2) is 0 Å². The van der Waals surface area contributed by atoms with Crippen molar-refractivity contribution in [1.82, 2.24) is 9.97 Å². The van der Waals surface area contributed by atoms with Gasteiger partial charge in [-0.15, -0.1) is 11.3 Å². The van der Waals surface area contributed by atoms with Crippen LogP contribution in [0.5, 0.6) is 0 Å². The van der Waals surface area contributed by atoms with Crippen molar-refractivity contribution < 1.29 is 8.42 Å². The lowest BCUT2D eigenvalue weighted by Crippen LogP contribution is -2.29. The molecule has 0 saturated carbocycles. The predicted octanol–water partition coefficient (Wildman–Crippen LogP) is 2.89. The standard InChI is InChI=1S/C18H13N3O3S2/c22-18-17-16(19-10-20-18)13-9-12(5-6-15(13)25-17)26(23,24)21-8-7-11-3-1-2-4-14(11)21/h1-6,9-10H,7-8H2,(H,19,20,22). The molecule has 0 spiro atoms. The van der Waals surface area contributed by atoms with E-state index in [4.69, 9.17) is 0 Å². The maximum Gasteiger partial charge on any atom is 0.268 e. The minimum Gasteiger partial charge on any atom is -0.312 e. The maximum atomic E-state index is 13.2. The fraction of sp³-hybridized carbons (Fsp3) is 0.111. The summed E-state index contributed by atoms with van der Waals surface area (Å²) in [5, 5.41) is 0.685. The average Bonchev–Trinajstić information content (AvgIpc) is 3.24. The van der Waals surface area contributed by atoms with Crippen LogP contribution in [-0.2, 0) is 16.4 Å². The second-order valence-electron chi connectivity index (χ2n) is 6.13. The molecule has 130 valence electrons. The van der Waals surface area contributed by atoms with Gasteiger partial charge in [-0.25, -0.2) is 13.4 Å². The van der Waals surface area contributed by atoms with Crippen molar-refractivity contribution in [1.29, 1.82) is 0 Å². The molecule has 0 bridgehead atoms. The van der Waals surface area contributed by atoms with Gasteiger partial charge >= 0.3 is 0 Å². The third kappa shape index (κ3) is 2.12. The number of fused-ring (bicyclic) bond motifs is 4. The summed E-state index contributed by atoms with van der Waals surface area (Å²) in [6, 6.07) is 12.5. The van der Waals surface area contributed by atoms with Gasteiger partial charge in [0.1, 0.15) is 4.70 Å². The van der Waals surface area contributed by atoms with E-state index in [1.165, 1.54) is 22.0 Å². The smallest absolute Gasteiger partial charge is 0.268 e. The van der Waals surface area contributed by atoms with Crippen molar-refractivity contribution >= 4 is 47.4 Å². The molecular weight excluding hydrogens is 370 g/mol. The van der Waals surface area contributed by atoms with Crippen LogP contribution in [0.3, 0.4) is 0 Å². The highest BCUT2D eigenvalue weighted by Gasteiger charge is 2.31. The van der Waals surface area contributed by atoms with Crippen LogP contribution in [0.15, 0.2) is 58.5 Å². The van der Waals surface area contributed by atoms with E-state index in [1.54, 1.807) is 18.2 Å². The molecule has 2 aromatic carbocycles. The van der Waals surface area contributed by atoms with Gasteiger partial charge in [0.05, 0.1) is 22.4 Å². The minimum absolute atomic E-state index is 0.212. The number of hydrogen-bond acceptors (Lipinski definition) is 5. The van der Waals surface area contributed by atoms with Gasteiger partial charge in [-0.05, 0) is 36.2 Å². The zero-order valence-corrected chi connectivity index (χ0v) is 15.1. The molecule has 2 aromatic heterocycles. The first-order chi connectivity index (χ1) is 12.6. The molecule has 0 amide bonds. The molecule has 4 aromatic rings. The summed E-state index contributed by atoms with van der Waals surface area (Å²) in [4.78, 5) is 19.0. The van der Waals surface area contributed by atoms with E-state index in [9.17, 15) is 13.2 Å². The van der Waals surface area contributed by atoms with E-state index in [1.807, 2.05) is 24.3 Å². The number of nitrogens with zero attached hydrogens (tertiary/aromatic N) is 2. The number of sulfonamides is 1. The lowest BCUT2D eigenvalue weighted by molar-refractivity contribution is 0.592. The van der Waals surface area contributed by atoms with E-state index in [-0.39, 0.29) is 10.5 Å². The summed E-state index contributed by atoms with van der Waals surface area (Å²) < 4.78 is 29.2. The van der Waals surface area contributed by atoms with Crippen molar-refractivity contribution in [2.45, 2.75) is 11.3 Å². The monoisotopic (exact) mass is 383 g/mol. The van der Waals surface area contributed by atoms with E-state index in [0.717, 1.165) is 16.0 Å². The molecular formula is C18H13N3O3S2. The molecule has 26 heavy (non-hydrogen) atoms. The molecule has 0 unspecified atom stereocenters. The van der Waals surface area contributed by atoms with Crippen molar-refractivity contribution in [3.05, 3.63) is 64.7 Å². The van der Waals surface area contributed by atoms with Crippen molar-refractivity contribution in [3.63, 3.8) is 0 Å². The van der Waals surface area contributed by atoms with Crippen molar-refractivity contribution in [2.75, 3.05) is 10.8 Å². The van der Waals surface area contributed by atoms with Crippen LogP contribution in [0.2, 0.25) is 0 Å². The highest BCUT2D eigenvalue weighted by molar-refractivity contribution is 7.92. The van der Waals surface area contributed by atoms with Gasteiger partial charge < -0.3 is 4.98 Å². The van der Waals surface area contributed by atoms with Gasteiger partial charge in [-0.2, -0.15) is 0 Å². The van der Waals surface area contributed by atoms with Gasteiger partial charge in [0.2, 0.25) is 0 Å². The number of anilines is 1. The minimum atomic E-state index is -3.68. The lowest BCUT2D eigenvalue weighted by Gasteiger charge is -2.19. The van der Waals surface area contributed by atoms with E-state index in [0.29, 0.717) is 28.6 Å². The summed E-state index contributed by atoms with van der Waals surface area (Å²) in [7, 11) is -3.68. The summed E-state index contributed by atoms with van der Waals surface area (Å²) in [6.07, 6.45) is 2.05. The van der Waals surface area contributed by atoms with Gasteiger partial charge in [0, 0.05) is 16.6 Å². The molecule has 1 aliphatic rings. The number of H-pyrrole nitrogens is 1. The van der Waals surface area contributed by atoms with Crippen LogP contribution in [-0.4, -0.2) is 24.9 Å². The van der Waals surface area contributed by atoms with E-state index in [2.05, 4.69) is 9.97 Å². The molecule has 0 radical (unpaired) electrons. The highest BCUT2D eigenvalue weighted by Crippen LogP contribution is 2.36. The third-order valence-corrected chi connectivity index (χ3v) is 7.63. The Hall–Kier alpha value is -2.71. The molecule has 0 fully saturated rings. The number of nitrogens with one attached hydrogen (secondary N) is 1. The average molecular weight is 383 g/mol. The normalized spacial score (nSPS) is 14.2. The number of rotatable bonds is 2. The second kappa shape index (κ2) is 5.39. The fourth-order valence-electron chi connectivity index (χ4n) is 3.41. The molecule has 1 N–H and O–H groups in total. The quantitative estimate of drug-likeness (QED) is 0.577. The predicted molar refractivity (Wildman–Crippen MR) is 102 cm³/mol. The number of aromatic amines is 1. The Balaban J connectivity index is 1.70. The van der Waals surface area contributed by atoms with Crippen LogP contribution in [0.4, 0.5) is 5.69 Å². The third-order valence-electron chi connectivity index (χ3n) is 4.66. The van der Waals surface area contributed by atoms with Crippen molar-refractivity contribution in [3.8, 4) is 0 Å². The number of hydrogen-bond donors (Lipinski definition) is 1. The fourth-order valence-corrected chi connectivity index (χ4v) is 5.97. The highest BCUT2D eigenvalue weighted by atomic mass is 32.2. The Morgan fingerprint density at radius 3 is 2.88 bits per heavy atom. The molecule has 0 saturated heterocycles. The zero-order valence-electron chi connectivity index (χ0n) is 13.5. The molecule has 6 nitrogen and oxygen atoms in total. The Morgan fingerprint density at radius 1 is 1.15 bits per heavy atom. The second-order valence-corrected chi connectivity index (χ2v) is 9.04. The first-order valence-corrected chi connectivity index (χ1v) is 10.3. The van der Waals surface area contributed by atoms with Crippen LogP contribution in [0, 0.1) is 0 Å². The SMILES string of the molecule is O=c1[nH]cnc2c1sc1ccc(S(=O)(=O)N3CCc4ccccc43)cc12. The Morgan fingerprint density at radius 2 is 2.00 bits per heavy atom. The Bertz CT molecular complexity index is 1340. The number of aromatic nitrogens is 2. The van der Waals surface area contributed by atoms with Crippen LogP contribution < -0.4 is 9.86 Å². The van der Waals surface area contributed by atoms with Gasteiger partial charge in [-0.3, -0.25) is 9.10 Å². The van der Waals surface area contributed by atoms with Gasteiger partial charge in [-0.1, -0.05) is 18.2 Å². The number of thiophene rings is 1. The lowest BCUT2D eigenvalue weighted by atomic mass is 10.2. The summed E-state index contributed by atoms with van der Waals surface area (Å²) in [6.45, 7) is 0.433. The number of benzene rings is 2. The van der Waals surface area contributed by atoms with E-state index >= 15 is 0 Å². The first-order valence-electron chi connectivity index (χ1n) is 8.06. The summed E-state index contributed by atoms with van der Waals surface area (Å²) in [5.41, 5.74) is 2.09. The molecule has 3 heterocycles. The van der Waals surface area contributed by atoms with Gasteiger partial charge in [0.25, 0.3) is 15.6 Å². The van der Waals surface area contributed by atoms with Crippen LogP contribution in [0.25, 0.3) is 20.3 Å². The summed E-state index contributed by atoms with van der Waals surface area (Å²) >= 11 is 1.31. The zero-order chi connectivity index (χ0) is 17.9. The Kier molecular flexibility index (Phi) is 3.22. The topological polar surface area (TPSA) is 83.1 Å². The van der Waals surface area contributed by atoms with Crippen LogP contribution in [0.1, 0.15) is 5.56 Å². The number of para-hydroxylation sites is 1. The maximum absolute atomic E-state index is 13.2. The molecule has 5 rings (SSSR count). The molecule has 8 heteroatoms. The first kappa shape index (κ1) is 15.5. The molecule has 1 aliphatic heterocycles. The van der Waals surface area contributed by atoms with E-state index < -0.39 is 10.0 Å². The van der Waals surface area contributed by atoms with Crippen LogP contribution >= 0.6 is 11.3 Å². The summed E-state index contributed by atoms with van der Waals surface area (Å²) in [5.74, 6) is 0. The molecule has 0 atom stereocenters. The Labute approximate surface area is 152 Å². The molecule has 0 aliphatic carbocycles.